The summed E-state index contributed by atoms with van der Waals surface area (Å²) in [5.74, 6) is 1.82. The Hall–Kier alpha value is -3.72. The molecule has 9 heteroatoms. The molecular weight excluding hydrogens is 406 g/mol. The molecule has 1 spiro atoms. The number of benzene rings is 1. The highest BCUT2D eigenvalue weighted by Gasteiger charge is 2.44. The zero-order valence-electron chi connectivity index (χ0n) is 17.7. The van der Waals surface area contributed by atoms with Crippen molar-refractivity contribution in [3.05, 3.63) is 54.2 Å². The number of imidazole rings is 1. The maximum absolute atomic E-state index is 12.7. The van der Waals surface area contributed by atoms with Gasteiger partial charge in [0, 0.05) is 37.8 Å². The van der Waals surface area contributed by atoms with E-state index in [1.165, 1.54) is 0 Å². The predicted molar refractivity (Wildman–Crippen MR) is 121 cm³/mol. The van der Waals surface area contributed by atoms with E-state index in [1.807, 2.05) is 49.5 Å². The van der Waals surface area contributed by atoms with Crippen LogP contribution >= 0.6 is 0 Å². The zero-order valence-corrected chi connectivity index (χ0v) is 17.7. The number of hydrogen-bond acceptors (Lipinski definition) is 6. The van der Waals surface area contributed by atoms with E-state index >= 15 is 0 Å². The highest BCUT2D eigenvalue weighted by molar-refractivity contribution is 6.03. The van der Waals surface area contributed by atoms with Crippen molar-refractivity contribution >= 4 is 28.6 Å². The van der Waals surface area contributed by atoms with Gasteiger partial charge >= 0.3 is 0 Å². The molecular formula is C23H23N7O2. The molecule has 2 aliphatic rings. The lowest BCUT2D eigenvalue weighted by Gasteiger charge is -2.37. The largest absolute Gasteiger partial charge is 0.380 e. The molecule has 32 heavy (non-hydrogen) atoms. The molecule has 4 aromatic rings. The highest BCUT2D eigenvalue weighted by atomic mass is 16.5. The topological polar surface area (TPSA) is 101 Å². The second-order valence-corrected chi connectivity index (χ2v) is 8.66. The Morgan fingerprint density at radius 3 is 2.81 bits per heavy atom. The number of pyridine rings is 1. The Morgan fingerprint density at radius 2 is 2.09 bits per heavy atom. The van der Waals surface area contributed by atoms with Gasteiger partial charge in [-0.05, 0) is 30.7 Å². The first-order valence-corrected chi connectivity index (χ1v) is 10.7. The fraction of sp³-hybridized carbons (Fsp3) is 0.304. The van der Waals surface area contributed by atoms with Gasteiger partial charge < -0.3 is 19.9 Å². The number of fused-ring (bicyclic) bond motifs is 1. The molecule has 162 valence electrons. The van der Waals surface area contributed by atoms with Crippen molar-refractivity contribution in [1.29, 1.82) is 0 Å². The van der Waals surface area contributed by atoms with Crippen molar-refractivity contribution in [3.63, 3.8) is 0 Å². The van der Waals surface area contributed by atoms with E-state index in [-0.39, 0.29) is 5.91 Å². The number of aromatic nitrogens is 5. The van der Waals surface area contributed by atoms with E-state index in [0.29, 0.717) is 22.6 Å². The second-order valence-electron chi connectivity index (χ2n) is 8.66. The van der Waals surface area contributed by atoms with Crippen LogP contribution in [0, 0.1) is 5.41 Å². The third-order valence-corrected chi connectivity index (χ3v) is 6.34. The van der Waals surface area contributed by atoms with Crippen LogP contribution in [0.15, 0.2) is 48.7 Å². The van der Waals surface area contributed by atoms with Crippen LogP contribution in [0.1, 0.15) is 16.8 Å². The number of carbonyl (C=O) groups excluding carboxylic acids is 1. The number of anilines is 2. The smallest absolute Gasteiger partial charge is 0.258 e. The van der Waals surface area contributed by atoms with Crippen molar-refractivity contribution in [2.45, 2.75) is 6.42 Å². The summed E-state index contributed by atoms with van der Waals surface area (Å²) >= 11 is 0. The summed E-state index contributed by atoms with van der Waals surface area (Å²) in [6.45, 7) is 3.61. The lowest BCUT2D eigenvalue weighted by molar-refractivity contribution is -0.0985. The van der Waals surface area contributed by atoms with Crippen LogP contribution in [0.5, 0.6) is 0 Å². The van der Waals surface area contributed by atoms with Gasteiger partial charge in [-0.15, -0.1) is 0 Å². The number of nitrogens with zero attached hydrogens (tertiary/aromatic N) is 5. The first kappa shape index (κ1) is 19.0. The third-order valence-electron chi connectivity index (χ3n) is 6.34. The van der Waals surface area contributed by atoms with Crippen molar-refractivity contribution in [2.75, 3.05) is 36.5 Å². The van der Waals surface area contributed by atoms with Crippen molar-refractivity contribution in [1.82, 2.24) is 24.7 Å². The first-order valence-electron chi connectivity index (χ1n) is 10.7. The number of rotatable bonds is 4. The molecule has 9 nitrogen and oxygen atoms in total. The number of ether oxygens (including phenoxy) is 1. The molecule has 0 aliphatic carbocycles. The average Bonchev–Trinajstić information content (AvgIpc) is 3.49. The molecule has 2 N–H and O–H groups in total. The van der Waals surface area contributed by atoms with E-state index in [2.05, 4.69) is 30.3 Å². The van der Waals surface area contributed by atoms with E-state index in [1.54, 1.807) is 10.9 Å². The summed E-state index contributed by atoms with van der Waals surface area (Å²) in [7, 11) is 1.82. The average molecular weight is 429 g/mol. The summed E-state index contributed by atoms with van der Waals surface area (Å²) in [4.78, 5) is 27.4. The van der Waals surface area contributed by atoms with Gasteiger partial charge in [0.25, 0.3) is 5.91 Å². The highest BCUT2D eigenvalue weighted by Crippen LogP contribution is 2.38. The SMILES string of the molecule is Cn1nc(NC(=O)c2ccc(N3CCC4(COC4)C3)nc2)cc1-c1nc2ccccc2[nH]1. The zero-order chi connectivity index (χ0) is 21.7. The Kier molecular flexibility index (Phi) is 4.25. The van der Waals surface area contributed by atoms with Crippen molar-refractivity contribution < 1.29 is 9.53 Å². The Labute approximate surface area is 184 Å². The van der Waals surface area contributed by atoms with E-state index < -0.39 is 0 Å². The molecule has 2 aliphatic heterocycles. The number of para-hydroxylation sites is 2. The van der Waals surface area contributed by atoms with Crippen LogP contribution in [0.4, 0.5) is 11.6 Å². The molecule has 1 aromatic carbocycles. The molecule has 3 aromatic heterocycles. The molecule has 0 atom stereocenters. The van der Waals surface area contributed by atoms with Crippen LogP contribution in [0.2, 0.25) is 0 Å². The summed E-state index contributed by atoms with van der Waals surface area (Å²) < 4.78 is 7.09. The Bertz CT molecular complexity index is 1270. The maximum atomic E-state index is 12.7. The monoisotopic (exact) mass is 429 g/mol. The minimum atomic E-state index is -0.247. The van der Waals surface area contributed by atoms with Gasteiger partial charge in [-0.25, -0.2) is 9.97 Å². The van der Waals surface area contributed by atoms with Gasteiger partial charge in [0.1, 0.15) is 11.5 Å². The molecule has 5 heterocycles. The summed E-state index contributed by atoms with van der Waals surface area (Å²) in [6.07, 6.45) is 2.75. The number of aryl methyl sites for hydroxylation is 1. The van der Waals surface area contributed by atoms with Gasteiger partial charge in [0.2, 0.25) is 0 Å². The second kappa shape index (κ2) is 7.16. The van der Waals surface area contributed by atoms with E-state index in [4.69, 9.17) is 4.74 Å². The molecule has 1 amide bonds. The van der Waals surface area contributed by atoms with Crippen molar-refractivity contribution in [3.8, 4) is 11.5 Å². The minimum Gasteiger partial charge on any atom is -0.380 e. The summed E-state index contributed by atoms with van der Waals surface area (Å²) in [5, 5.41) is 7.28. The lowest BCUT2D eigenvalue weighted by atomic mass is 9.85. The minimum absolute atomic E-state index is 0.247. The number of hydrogen-bond donors (Lipinski definition) is 2. The van der Waals surface area contributed by atoms with E-state index in [0.717, 1.165) is 55.3 Å². The van der Waals surface area contributed by atoms with Crippen LogP contribution in [-0.4, -0.2) is 56.9 Å². The number of aromatic amines is 1. The van der Waals surface area contributed by atoms with Gasteiger partial charge in [-0.2, -0.15) is 5.10 Å². The molecule has 0 unspecified atom stereocenters. The molecule has 6 rings (SSSR count). The van der Waals surface area contributed by atoms with Crippen LogP contribution in [0.25, 0.3) is 22.6 Å². The number of amides is 1. The maximum Gasteiger partial charge on any atom is 0.258 e. The number of nitrogens with one attached hydrogen (secondary N) is 2. The van der Waals surface area contributed by atoms with Gasteiger partial charge in [-0.1, -0.05) is 12.1 Å². The first-order chi connectivity index (χ1) is 15.6. The summed E-state index contributed by atoms with van der Waals surface area (Å²) in [5.41, 5.74) is 3.41. The fourth-order valence-electron chi connectivity index (χ4n) is 4.48. The lowest BCUT2D eigenvalue weighted by Crippen LogP contribution is -2.44. The van der Waals surface area contributed by atoms with Crippen molar-refractivity contribution in [2.24, 2.45) is 12.5 Å². The Balaban J connectivity index is 1.16. The van der Waals surface area contributed by atoms with Crippen LogP contribution < -0.4 is 10.2 Å². The standard InChI is InChI=1S/C23H23N7O2/c1-29-18(21-25-16-4-2-3-5-17(16)26-21)10-19(28-29)27-22(31)15-6-7-20(24-11-15)30-9-8-23(12-30)13-32-14-23/h2-7,10-11H,8-9,12-14H2,1H3,(H,25,26)(H,27,28,31). The third kappa shape index (κ3) is 3.21. The van der Waals surface area contributed by atoms with Gasteiger partial charge in [0.15, 0.2) is 11.6 Å². The molecule has 0 saturated carbocycles. The number of carbonyl (C=O) groups is 1. The predicted octanol–water partition coefficient (Wildman–Crippen LogP) is 2.84. The van der Waals surface area contributed by atoms with E-state index in [9.17, 15) is 4.79 Å². The van der Waals surface area contributed by atoms with Gasteiger partial charge in [-0.3, -0.25) is 9.48 Å². The Morgan fingerprint density at radius 1 is 1.22 bits per heavy atom. The molecule has 0 radical (unpaired) electrons. The fourth-order valence-corrected chi connectivity index (χ4v) is 4.48. The van der Waals surface area contributed by atoms with Crippen LogP contribution in [0.3, 0.4) is 0 Å². The number of H-pyrrole nitrogens is 1. The normalized spacial score (nSPS) is 17.1. The summed E-state index contributed by atoms with van der Waals surface area (Å²) in [6, 6.07) is 13.4. The van der Waals surface area contributed by atoms with Gasteiger partial charge in [0.05, 0.1) is 29.8 Å². The molecule has 2 saturated heterocycles. The molecule has 0 bridgehead atoms. The molecule has 2 fully saturated rings. The van der Waals surface area contributed by atoms with Crippen LogP contribution in [-0.2, 0) is 11.8 Å². The quantitative estimate of drug-likeness (QED) is 0.517.